The van der Waals surface area contributed by atoms with Crippen molar-refractivity contribution < 1.29 is 0 Å². The monoisotopic (exact) mass is 291 g/mol. The molecule has 0 spiro atoms. The average Bonchev–Trinajstić information content (AvgIpc) is 3.03. The van der Waals surface area contributed by atoms with Gasteiger partial charge in [0.1, 0.15) is 12.7 Å². The van der Waals surface area contributed by atoms with Crippen molar-refractivity contribution in [1.29, 1.82) is 0 Å². The van der Waals surface area contributed by atoms with Crippen molar-refractivity contribution >= 4 is 11.3 Å². The fraction of sp³-hybridized carbons (Fsp3) is 0.643. The summed E-state index contributed by atoms with van der Waals surface area (Å²) in [4.78, 5) is 9.86. The van der Waals surface area contributed by atoms with Crippen molar-refractivity contribution in [2.45, 2.75) is 57.7 Å². The summed E-state index contributed by atoms with van der Waals surface area (Å²) in [5.74, 6) is 0.749. The lowest BCUT2D eigenvalue weighted by atomic mass is 9.86. The fourth-order valence-corrected chi connectivity index (χ4v) is 3.34. The number of thiazole rings is 1. The van der Waals surface area contributed by atoms with Gasteiger partial charge < -0.3 is 5.32 Å². The summed E-state index contributed by atoms with van der Waals surface area (Å²) >= 11 is 1.87. The number of hydrogen-bond acceptors (Lipinski definition) is 5. The molecule has 2 aromatic rings. The van der Waals surface area contributed by atoms with Crippen LogP contribution < -0.4 is 5.32 Å². The van der Waals surface area contributed by atoms with E-state index in [4.69, 9.17) is 0 Å². The van der Waals surface area contributed by atoms with Crippen LogP contribution in [0.5, 0.6) is 0 Å². The van der Waals surface area contributed by atoms with Crippen molar-refractivity contribution in [3.05, 3.63) is 28.7 Å². The Kier molecular flexibility index (Phi) is 4.42. The highest BCUT2D eigenvalue weighted by Crippen LogP contribution is 2.38. The van der Waals surface area contributed by atoms with Gasteiger partial charge in [-0.05, 0) is 26.2 Å². The number of nitrogens with zero attached hydrogens (tertiary/aromatic N) is 4. The predicted molar refractivity (Wildman–Crippen MR) is 79.6 cm³/mol. The molecule has 108 valence electrons. The van der Waals surface area contributed by atoms with Crippen LogP contribution in [0.3, 0.4) is 0 Å². The van der Waals surface area contributed by atoms with Crippen molar-refractivity contribution in [2.75, 3.05) is 0 Å². The maximum Gasteiger partial charge on any atom is 0.137 e. The SMILES string of the molecule is C[C@@H](CCn1cncn1)NCc1cnc(C2CCC2)s1. The van der Waals surface area contributed by atoms with Gasteiger partial charge in [-0.15, -0.1) is 11.3 Å². The van der Waals surface area contributed by atoms with Crippen LogP contribution in [0.15, 0.2) is 18.9 Å². The molecule has 20 heavy (non-hydrogen) atoms. The van der Waals surface area contributed by atoms with Gasteiger partial charge >= 0.3 is 0 Å². The smallest absolute Gasteiger partial charge is 0.137 e. The molecule has 2 aromatic heterocycles. The molecule has 2 heterocycles. The van der Waals surface area contributed by atoms with Crippen LogP contribution in [-0.4, -0.2) is 25.8 Å². The third-order valence-corrected chi connectivity index (χ3v) is 5.07. The van der Waals surface area contributed by atoms with E-state index in [1.165, 1.54) is 29.1 Å². The van der Waals surface area contributed by atoms with Crippen molar-refractivity contribution in [3.63, 3.8) is 0 Å². The summed E-state index contributed by atoms with van der Waals surface area (Å²) in [7, 11) is 0. The second-order valence-corrected chi connectivity index (χ2v) is 6.67. The zero-order valence-electron chi connectivity index (χ0n) is 11.8. The highest BCUT2D eigenvalue weighted by atomic mass is 32.1. The lowest BCUT2D eigenvalue weighted by Gasteiger charge is -2.22. The summed E-state index contributed by atoms with van der Waals surface area (Å²) in [6.45, 7) is 4.04. The number of nitrogens with one attached hydrogen (secondary N) is 1. The molecule has 1 aliphatic rings. The molecule has 0 aromatic carbocycles. The minimum absolute atomic E-state index is 0.466. The van der Waals surface area contributed by atoms with Crippen molar-refractivity contribution in [3.8, 4) is 0 Å². The maximum absolute atomic E-state index is 4.56. The molecule has 3 rings (SSSR count). The van der Waals surface area contributed by atoms with E-state index in [0.29, 0.717) is 6.04 Å². The van der Waals surface area contributed by atoms with E-state index in [1.807, 2.05) is 22.2 Å². The van der Waals surface area contributed by atoms with Gasteiger partial charge in [-0.3, -0.25) is 4.68 Å². The number of aromatic nitrogens is 4. The van der Waals surface area contributed by atoms with Gasteiger partial charge in [-0.1, -0.05) is 6.42 Å². The summed E-state index contributed by atoms with van der Waals surface area (Å²) in [6.07, 6.45) is 10.5. The van der Waals surface area contributed by atoms with Crippen LogP contribution in [-0.2, 0) is 13.1 Å². The molecule has 0 saturated heterocycles. The molecule has 5 nitrogen and oxygen atoms in total. The molecule has 6 heteroatoms. The Bertz CT molecular complexity index is 517. The van der Waals surface area contributed by atoms with Crippen molar-refractivity contribution in [2.24, 2.45) is 0 Å². The van der Waals surface area contributed by atoms with Crippen LogP contribution >= 0.6 is 11.3 Å². The van der Waals surface area contributed by atoms with Crippen LogP contribution in [0.4, 0.5) is 0 Å². The van der Waals surface area contributed by atoms with Crippen LogP contribution in [0, 0.1) is 0 Å². The Morgan fingerprint density at radius 3 is 3.10 bits per heavy atom. The Morgan fingerprint density at radius 1 is 1.50 bits per heavy atom. The first kappa shape index (κ1) is 13.7. The average molecular weight is 291 g/mol. The third-order valence-electron chi connectivity index (χ3n) is 3.91. The van der Waals surface area contributed by atoms with E-state index in [9.17, 15) is 0 Å². The van der Waals surface area contributed by atoms with Gasteiger partial charge in [0, 0.05) is 36.1 Å². The molecule has 1 fully saturated rings. The van der Waals surface area contributed by atoms with Crippen LogP contribution in [0.1, 0.15) is 48.4 Å². The minimum Gasteiger partial charge on any atom is -0.309 e. The molecule has 0 radical (unpaired) electrons. The molecule has 1 aliphatic carbocycles. The number of aryl methyl sites for hydroxylation is 1. The molecule has 0 amide bonds. The Morgan fingerprint density at radius 2 is 2.40 bits per heavy atom. The fourth-order valence-electron chi connectivity index (χ4n) is 2.30. The molecule has 1 atom stereocenters. The van der Waals surface area contributed by atoms with E-state index in [2.05, 4.69) is 27.3 Å². The lowest BCUT2D eigenvalue weighted by molar-refractivity contribution is 0.418. The maximum atomic E-state index is 4.56. The normalized spacial score (nSPS) is 17.1. The molecule has 1 saturated carbocycles. The van der Waals surface area contributed by atoms with Gasteiger partial charge in [0.2, 0.25) is 0 Å². The minimum atomic E-state index is 0.466. The highest BCUT2D eigenvalue weighted by Gasteiger charge is 2.22. The number of rotatable bonds is 7. The van der Waals surface area contributed by atoms with E-state index in [1.54, 1.807) is 12.7 Å². The van der Waals surface area contributed by atoms with E-state index in [-0.39, 0.29) is 0 Å². The molecule has 0 aliphatic heterocycles. The van der Waals surface area contributed by atoms with Gasteiger partial charge in [-0.25, -0.2) is 9.97 Å². The predicted octanol–water partition coefficient (Wildman–Crippen LogP) is 2.57. The number of hydrogen-bond donors (Lipinski definition) is 1. The summed E-state index contributed by atoms with van der Waals surface area (Å²) < 4.78 is 1.87. The van der Waals surface area contributed by atoms with Gasteiger partial charge in [-0.2, -0.15) is 5.10 Å². The van der Waals surface area contributed by atoms with E-state index < -0.39 is 0 Å². The lowest BCUT2D eigenvalue weighted by Crippen LogP contribution is -2.26. The molecular weight excluding hydrogens is 270 g/mol. The van der Waals surface area contributed by atoms with E-state index >= 15 is 0 Å². The standard InChI is InChI=1S/C14H21N5S/c1-11(5-6-19-10-15-9-18-19)16-7-13-8-17-14(20-13)12-3-2-4-12/h8-12,16H,2-7H2,1H3/t11-/m0/s1. The highest BCUT2D eigenvalue weighted by molar-refractivity contribution is 7.11. The first-order valence-corrected chi connectivity index (χ1v) is 8.13. The van der Waals surface area contributed by atoms with E-state index in [0.717, 1.165) is 25.4 Å². The molecule has 0 bridgehead atoms. The second-order valence-electron chi connectivity index (χ2n) is 5.52. The van der Waals surface area contributed by atoms with Gasteiger partial charge in [0.25, 0.3) is 0 Å². The van der Waals surface area contributed by atoms with Crippen LogP contribution in [0.25, 0.3) is 0 Å². The van der Waals surface area contributed by atoms with Gasteiger partial charge in [0.05, 0.1) is 5.01 Å². The Balaban J connectivity index is 1.40. The van der Waals surface area contributed by atoms with Crippen molar-refractivity contribution in [1.82, 2.24) is 25.1 Å². The molecule has 0 unspecified atom stereocenters. The summed E-state index contributed by atoms with van der Waals surface area (Å²) in [5, 5.41) is 9.01. The second kappa shape index (κ2) is 6.45. The quantitative estimate of drug-likeness (QED) is 0.852. The van der Waals surface area contributed by atoms with Gasteiger partial charge in [0.15, 0.2) is 0 Å². The summed E-state index contributed by atoms with van der Waals surface area (Å²) in [5.41, 5.74) is 0. The first-order valence-electron chi connectivity index (χ1n) is 7.31. The largest absolute Gasteiger partial charge is 0.309 e. The molecular formula is C14H21N5S. The summed E-state index contributed by atoms with van der Waals surface area (Å²) in [6, 6.07) is 0.466. The molecule has 1 N–H and O–H groups in total. The Labute approximate surface area is 123 Å². The Hall–Kier alpha value is -1.27. The zero-order valence-corrected chi connectivity index (χ0v) is 12.6. The first-order chi connectivity index (χ1) is 9.81. The topological polar surface area (TPSA) is 55.6 Å². The third kappa shape index (κ3) is 3.43. The zero-order chi connectivity index (χ0) is 13.8. The van der Waals surface area contributed by atoms with Crippen LogP contribution in [0.2, 0.25) is 0 Å².